The molecule has 2 aromatic carbocycles. The lowest BCUT2D eigenvalue weighted by molar-refractivity contribution is -0.117. The Bertz CT molecular complexity index is 645. The molecule has 0 unspecified atom stereocenters. The summed E-state index contributed by atoms with van der Waals surface area (Å²) in [6.45, 7) is 0. The normalized spacial score (nSPS) is 12.0. The van der Waals surface area contributed by atoms with Gasteiger partial charge in [0.05, 0.1) is 11.7 Å². The number of carbonyl (C=O) groups is 1. The van der Waals surface area contributed by atoms with Gasteiger partial charge in [0.25, 0.3) is 0 Å². The molecule has 4 nitrogen and oxygen atoms in total. The van der Waals surface area contributed by atoms with E-state index in [9.17, 15) is 9.90 Å². The van der Waals surface area contributed by atoms with Gasteiger partial charge in [0.15, 0.2) is 0 Å². The summed E-state index contributed by atoms with van der Waals surface area (Å²) in [5, 5.41) is 12.0. The number of phenolic OH excluding ortho intramolecular Hbond substituents is 1. The number of anilines is 1. The first kappa shape index (κ1) is 16.0. The van der Waals surface area contributed by atoms with Gasteiger partial charge in [-0.1, -0.05) is 28.1 Å². The Labute approximate surface area is 139 Å². The number of benzene rings is 2. The highest BCUT2D eigenvalue weighted by Gasteiger charge is 2.15. The van der Waals surface area contributed by atoms with Crippen LogP contribution in [-0.4, -0.2) is 17.1 Å². The Hall–Kier alpha value is -1.37. The molecule has 0 spiro atoms. The van der Waals surface area contributed by atoms with E-state index in [4.69, 9.17) is 5.73 Å². The van der Waals surface area contributed by atoms with Gasteiger partial charge in [-0.25, -0.2) is 0 Å². The molecule has 4 N–H and O–H groups in total. The standard InChI is InChI=1S/C15H14Br2N2O2/c16-10-3-6-12(17)14(8-10)19-15(21)13(18)7-9-1-4-11(20)5-2-9/h1-6,8,13,20H,7,18H2,(H,19,21)/t13-/m0/s1. The predicted octanol–water partition coefficient (Wildman–Crippen LogP) is 3.43. The van der Waals surface area contributed by atoms with Crippen LogP contribution in [-0.2, 0) is 11.2 Å². The monoisotopic (exact) mass is 412 g/mol. The lowest BCUT2D eigenvalue weighted by Crippen LogP contribution is -2.37. The fourth-order valence-electron chi connectivity index (χ4n) is 1.80. The molecule has 0 saturated heterocycles. The third-order valence-corrected chi connectivity index (χ3v) is 4.10. The second kappa shape index (κ2) is 7.06. The first-order chi connectivity index (χ1) is 9.95. The average Bonchev–Trinajstić information content (AvgIpc) is 2.45. The molecular formula is C15H14Br2N2O2. The van der Waals surface area contributed by atoms with Crippen molar-refractivity contribution >= 4 is 43.5 Å². The fraction of sp³-hybridized carbons (Fsp3) is 0.133. The number of carbonyl (C=O) groups excluding carboxylic acids is 1. The Morgan fingerprint density at radius 2 is 1.86 bits per heavy atom. The molecule has 1 amide bonds. The van der Waals surface area contributed by atoms with Gasteiger partial charge < -0.3 is 16.2 Å². The van der Waals surface area contributed by atoms with Crippen molar-refractivity contribution < 1.29 is 9.90 Å². The van der Waals surface area contributed by atoms with Crippen LogP contribution in [0, 0.1) is 0 Å². The minimum absolute atomic E-state index is 0.190. The number of hydrogen-bond donors (Lipinski definition) is 3. The van der Waals surface area contributed by atoms with Crippen molar-refractivity contribution in [2.45, 2.75) is 12.5 Å². The van der Waals surface area contributed by atoms with Gasteiger partial charge in [-0.05, 0) is 58.2 Å². The topological polar surface area (TPSA) is 75.3 Å². The minimum Gasteiger partial charge on any atom is -0.508 e. The van der Waals surface area contributed by atoms with E-state index in [0.717, 1.165) is 14.5 Å². The molecule has 2 rings (SSSR count). The van der Waals surface area contributed by atoms with Crippen LogP contribution in [0.5, 0.6) is 5.75 Å². The summed E-state index contributed by atoms with van der Waals surface area (Å²) in [6.07, 6.45) is 0.401. The van der Waals surface area contributed by atoms with Gasteiger partial charge in [-0.15, -0.1) is 0 Å². The molecule has 0 radical (unpaired) electrons. The van der Waals surface area contributed by atoms with Crippen molar-refractivity contribution in [3.05, 3.63) is 57.0 Å². The van der Waals surface area contributed by atoms with Crippen LogP contribution in [0.2, 0.25) is 0 Å². The minimum atomic E-state index is -0.666. The highest BCUT2D eigenvalue weighted by molar-refractivity contribution is 9.11. The highest BCUT2D eigenvalue weighted by Crippen LogP contribution is 2.26. The zero-order valence-electron chi connectivity index (χ0n) is 11.0. The second-order valence-corrected chi connectivity index (χ2v) is 6.36. The van der Waals surface area contributed by atoms with E-state index in [0.29, 0.717) is 12.1 Å². The van der Waals surface area contributed by atoms with Gasteiger partial charge in [-0.3, -0.25) is 4.79 Å². The largest absolute Gasteiger partial charge is 0.508 e. The van der Waals surface area contributed by atoms with Gasteiger partial charge >= 0.3 is 0 Å². The highest BCUT2D eigenvalue weighted by atomic mass is 79.9. The number of nitrogens with one attached hydrogen (secondary N) is 1. The van der Waals surface area contributed by atoms with Crippen LogP contribution in [0.25, 0.3) is 0 Å². The second-order valence-electron chi connectivity index (χ2n) is 4.59. The molecule has 0 bridgehead atoms. The maximum atomic E-state index is 12.1. The van der Waals surface area contributed by atoms with E-state index >= 15 is 0 Å². The third kappa shape index (κ3) is 4.56. The van der Waals surface area contributed by atoms with Crippen LogP contribution in [0.4, 0.5) is 5.69 Å². The Balaban J connectivity index is 2.02. The summed E-state index contributed by atoms with van der Waals surface area (Å²) in [7, 11) is 0. The number of nitrogens with two attached hydrogens (primary N) is 1. The number of rotatable bonds is 4. The molecule has 0 fully saturated rings. The number of phenols is 1. The number of amides is 1. The first-order valence-electron chi connectivity index (χ1n) is 6.25. The average molecular weight is 414 g/mol. The SMILES string of the molecule is N[C@@H](Cc1ccc(O)cc1)C(=O)Nc1cc(Br)ccc1Br. The maximum Gasteiger partial charge on any atom is 0.241 e. The summed E-state index contributed by atoms with van der Waals surface area (Å²) in [4.78, 5) is 12.1. The van der Waals surface area contributed by atoms with E-state index in [1.54, 1.807) is 30.3 Å². The van der Waals surface area contributed by atoms with Crippen molar-refractivity contribution in [1.29, 1.82) is 0 Å². The molecule has 1 atom stereocenters. The Morgan fingerprint density at radius 1 is 1.19 bits per heavy atom. The summed E-state index contributed by atoms with van der Waals surface area (Å²) in [5.74, 6) is -0.0725. The quantitative estimate of drug-likeness (QED) is 0.718. The molecule has 21 heavy (non-hydrogen) atoms. The van der Waals surface area contributed by atoms with E-state index in [1.807, 2.05) is 12.1 Å². The molecule has 0 aliphatic carbocycles. The van der Waals surface area contributed by atoms with Crippen molar-refractivity contribution in [3.8, 4) is 5.75 Å². The first-order valence-corrected chi connectivity index (χ1v) is 7.83. The van der Waals surface area contributed by atoms with Crippen molar-refractivity contribution in [3.63, 3.8) is 0 Å². The maximum absolute atomic E-state index is 12.1. The van der Waals surface area contributed by atoms with Gasteiger partial charge in [0.1, 0.15) is 5.75 Å². The molecule has 0 aliphatic heterocycles. The number of halogens is 2. The Morgan fingerprint density at radius 3 is 2.52 bits per heavy atom. The van der Waals surface area contributed by atoms with Crippen LogP contribution >= 0.6 is 31.9 Å². The smallest absolute Gasteiger partial charge is 0.241 e. The molecule has 0 aliphatic rings. The van der Waals surface area contributed by atoms with Crippen LogP contribution in [0.1, 0.15) is 5.56 Å². The summed E-state index contributed by atoms with van der Waals surface area (Å²) in [6, 6.07) is 11.5. The molecule has 110 valence electrons. The van der Waals surface area contributed by atoms with E-state index < -0.39 is 6.04 Å². The van der Waals surface area contributed by atoms with Crippen molar-refractivity contribution in [2.75, 3.05) is 5.32 Å². The van der Waals surface area contributed by atoms with Crippen LogP contribution in [0.15, 0.2) is 51.4 Å². The fourth-order valence-corrected chi connectivity index (χ4v) is 2.50. The third-order valence-electron chi connectivity index (χ3n) is 2.92. The molecule has 2 aromatic rings. The van der Waals surface area contributed by atoms with Crippen LogP contribution < -0.4 is 11.1 Å². The predicted molar refractivity (Wildman–Crippen MR) is 90.3 cm³/mol. The number of hydrogen-bond acceptors (Lipinski definition) is 3. The summed E-state index contributed by atoms with van der Waals surface area (Å²) in [5.41, 5.74) is 7.48. The molecule has 6 heteroatoms. The number of aromatic hydroxyl groups is 1. The van der Waals surface area contributed by atoms with E-state index in [1.165, 1.54) is 0 Å². The van der Waals surface area contributed by atoms with Gasteiger partial charge in [-0.2, -0.15) is 0 Å². The zero-order valence-corrected chi connectivity index (χ0v) is 14.2. The van der Waals surface area contributed by atoms with Crippen LogP contribution in [0.3, 0.4) is 0 Å². The molecule has 0 saturated carbocycles. The van der Waals surface area contributed by atoms with Gasteiger partial charge in [0, 0.05) is 8.95 Å². The van der Waals surface area contributed by atoms with Crippen molar-refractivity contribution in [1.82, 2.24) is 0 Å². The molecular weight excluding hydrogens is 400 g/mol. The Kier molecular flexibility index (Phi) is 5.39. The van der Waals surface area contributed by atoms with Gasteiger partial charge in [0.2, 0.25) is 5.91 Å². The van der Waals surface area contributed by atoms with Crippen molar-refractivity contribution in [2.24, 2.45) is 5.73 Å². The van der Waals surface area contributed by atoms with E-state index in [2.05, 4.69) is 37.2 Å². The lowest BCUT2D eigenvalue weighted by atomic mass is 10.1. The lowest BCUT2D eigenvalue weighted by Gasteiger charge is -2.13. The molecule has 0 aromatic heterocycles. The molecule has 0 heterocycles. The summed E-state index contributed by atoms with van der Waals surface area (Å²) >= 11 is 6.74. The van der Waals surface area contributed by atoms with E-state index in [-0.39, 0.29) is 11.7 Å². The zero-order chi connectivity index (χ0) is 15.4. The summed E-state index contributed by atoms with van der Waals surface area (Å²) < 4.78 is 1.66.